The molecule has 0 N–H and O–H groups in total. The lowest BCUT2D eigenvalue weighted by atomic mass is 9.96. The van der Waals surface area contributed by atoms with Crippen molar-refractivity contribution < 1.29 is 4.74 Å². The SMILES string of the molecule is COCCN1CCC(CN(C)c2cc(-c3ccccc3)nn3cnnc23)CC1. The largest absolute Gasteiger partial charge is 0.383 e. The number of benzene rings is 1. The lowest BCUT2D eigenvalue weighted by Crippen LogP contribution is -2.39. The molecule has 2 aromatic heterocycles. The topological polar surface area (TPSA) is 58.8 Å². The van der Waals surface area contributed by atoms with E-state index >= 15 is 0 Å². The summed E-state index contributed by atoms with van der Waals surface area (Å²) in [4.78, 5) is 4.81. The zero-order valence-corrected chi connectivity index (χ0v) is 16.7. The highest BCUT2D eigenvalue weighted by Crippen LogP contribution is 2.27. The molecule has 28 heavy (non-hydrogen) atoms. The van der Waals surface area contributed by atoms with Crippen LogP contribution in [-0.2, 0) is 4.74 Å². The van der Waals surface area contributed by atoms with Crippen LogP contribution >= 0.6 is 0 Å². The van der Waals surface area contributed by atoms with Crippen molar-refractivity contribution in [3.05, 3.63) is 42.7 Å². The molecule has 0 radical (unpaired) electrons. The molecule has 0 aliphatic carbocycles. The first-order valence-corrected chi connectivity index (χ1v) is 9.93. The van der Waals surface area contributed by atoms with Gasteiger partial charge in [-0.2, -0.15) is 9.61 Å². The molecule has 1 saturated heterocycles. The van der Waals surface area contributed by atoms with Crippen molar-refractivity contribution >= 4 is 11.3 Å². The molecule has 4 rings (SSSR count). The van der Waals surface area contributed by atoms with Crippen molar-refractivity contribution in [1.29, 1.82) is 0 Å². The van der Waals surface area contributed by atoms with Crippen LogP contribution in [0.3, 0.4) is 0 Å². The quantitative estimate of drug-likeness (QED) is 0.628. The van der Waals surface area contributed by atoms with Gasteiger partial charge in [-0.1, -0.05) is 30.3 Å². The van der Waals surface area contributed by atoms with Crippen molar-refractivity contribution in [3.63, 3.8) is 0 Å². The Bertz CT molecular complexity index is 888. The van der Waals surface area contributed by atoms with Crippen LogP contribution in [-0.4, -0.2) is 71.7 Å². The molecule has 7 heteroatoms. The predicted molar refractivity (Wildman–Crippen MR) is 111 cm³/mol. The minimum absolute atomic E-state index is 0.681. The lowest BCUT2D eigenvalue weighted by molar-refractivity contribution is 0.121. The average molecular weight is 380 g/mol. The minimum Gasteiger partial charge on any atom is -0.383 e. The molecule has 0 atom stereocenters. The van der Waals surface area contributed by atoms with E-state index in [0.29, 0.717) is 5.92 Å². The second-order valence-corrected chi connectivity index (χ2v) is 7.54. The number of fused-ring (bicyclic) bond motifs is 1. The Morgan fingerprint density at radius 3 is 2.71 bits per heavy atom. The van der Waals surface area contributed by atoms with E-state index in [1.54, 1.807) is 18.0 Å². The fraction of sp³-hybridized carbons (Fsp3) is 0.476. The van der Waals surface area contributed by atoms with Crippen LogP contribution in [0, 0.1) is 5.92 Å². The molecule has 0 unspecified atom stereocenters. The second-order valence-electron chi connectivity index (χ2n) is 7.54. The van der Waals surface area contributed by atoms with E-state index in [0.717, 1.165) is 55.4 Å². The molecule has 1 aliphatic heterocycles. The van der Waals surface area contributed by atoms with Gasteiger partial charge in [0.05, 0.1) is 18.0 Å². The third-order valence-corrected chi connectivity index (χ3v) is 5.58. The molecule has 0 amide bonds. The highest BCUT2D eigenvalue weighted by Gasteiger charge is 2.22. The van der Waals surface area contributed by atoms with Crippen molar-refractivity contribution in [2.45, 2.75) is 12.8 Å². The van der Waals surface area contributed by atoms with Gasteiger partial charge in [0.15, 0.2) is 0 Å². The molecule has 148 valence electrons. The summed E-state index contributed by atoms with van der Waals surface area (Å²) >= 11 is 0. The Kier molecular flexibility index (Phi) is 5.83. The van der Waals surface area contributed by atoms with E-state index in [9.17, 15) is 0 Å². The van der Waals surface area contributed by atoms with Crippen LogP contribution in [0.1, 0.15) is 12.8 Å². The number of nitrogens with zero attached hydrogens (tertiary/aromatic N) is 6. The van der Waals surface area contributed by atoms with Crippen molar-refractivity contribution in [1.82, 2.24) is 24.7 Å². The van der Waals surface area contributed by atoms with Crippen LogP contribution < -0.4 is 4.90 Å². The number of piperidine rings is 1. The monoisotopic (exact) mass is 380 g/mol. The van der Waals surface area contributed by atoms with Crippen LogP contribution in [0.2, 0.25) is 0 Å². The van der Waals surface area contributed by atoms with Crippen molar-refractivity contribution in [2.24, 2.45) is 5.92 Å². The Morgan fingerprint density at radius 1 is 1.18 bits per heavy atom. The first-order valence-electron chi connectivity index (χ1n) is 9.93. The summed E-state index contributed by atoms with van der Waals surface area (Å²) in [6, 6.07) is 12.4. The Labute approximate surface area is 165 Å². The number of rotatable bonds is 7. The normalized spacial score (nSPS) is 15.9. The zero-order valence-electron chi connectivity index (χ0n) is 16.7. The molecule has 0 spiro atoms. The summed E-state index contributed by atoms with van der Waals surface area (Å²) in [7, 11) is 3.92. The third kappa shape index (κ3) is 4.15. The molecule has 1 aromatic carbocycles. The average Bonchev–Trinajstić information content (AvgIpc) is 3.22. The van der Waals surface area contributed by atoms with Gasteiger partial charge in [0.1, 0.15) is 6.33 Å². The van der Waals surface area contributed by atoms with Gasteiger partial charge in [-0.25, -0.2) is 0 Å². The Balaban J connectivity index is 1.50. The summed E-state index contributed by atoms with van der Waals surface area (Å²) < 4.78 is 6.98. The van der Waals surface area contributed by atoms with Gasteiger partial charge < -0.3 is 14.5 Å². The number of likely N-dealkylation sites (tertiary alicyclic amines) is 1. The second kappa shape index (κ2) is 8.67. The van der Waals surface area contributed by atoms with E-state index in [1.165, 1.54) is 12.8 Å². The van der Waals surface area contributed by atoms with Crippen molar-refractivity contribution in [2.75, 3.05) is 51.8 Å². The highest BCUT2D eigenvalue weighted by atomic mass is 16.5. The molecule has 7 nitrogen and oxygen atoms in total. The molecule has 1 aliphatic rings. The first kappa shape index (κ1) is 18.8. The summed E-state index contributed by atoms with van der Waals surface area (Å²) in [5.41, 5.74) is 3.91. The third-order valence-electron chi connectivity index (χ3n) is 5.58. The van der Waals surface area contributed by atoms with E-state index in [-0.39, 0.29) is 0 Å². The van der Waals surface area contributed by atoms with Gasteiger partial charge >= 0.3 is 0 Å². The van der Waals surface area contributed by atoms with Crippen LogP contribution in [0.4, 0.5) is 5.69 Å². The van der Waals surface area contributed by atoms with Crippen LogP contribution in [0.25, 0.3) is 16.9 Å². The van der Waals surface area contributed by atoms with Gasteiger partial charge in [0, 0.05) is 32.8 Å². The number of ether oxygens (including phenoxy) is 1. The Morgan fingerprint density at radius 2 is 1.96 bits per heavy atom. The van der Waals surface area contributed by atoms with Crippen molar-refractivity contribution in [3.8, 4) is 11.3 Å². The molecular weight excluding hydrogens is 352 g/mol. The van der Waals surface area contributed by atoms with Crippen LogP contribution in [0.5, 0.6) is 0 Å². The van der Waals surface area contributed by atoms with Gasteiger partial charge in [0.2, 0.25) is 5.65 Å². The molecular formula is C21H28N6O. The maximum absolute atomic E-state index is 5.20. The summed E-state index contributed by atoms with van der Waals surface area (Å²) in [5.74, 6) is 0.681. The summed E-state index contributed by atoms with van der Waals surface area (Å²) in [6.07, 6.45) is 4.11. The predicted octanol–water partition coefficient (Wildman–Crippen LogP) is 2.59. The fourth-order valence-electron chi connectivity index (χ4n) is 3.94. The summed E-state index contributed by atoms with van der Waals surface area (Å²) in [6.45, 7) is 5.15. The Hall–Kier alpha value is -2.51. The number of hydrogen-bond donors (Lipinski definition) is 0. The standard InChI is InChI=1S/C21H28N6O/c1-25(15-17-8-10-26(11-9-17)12-13-28-2)20-14-19(18-6-4-3-5-7-18)24-27-16-22-23-21(20)27/h3-7,14,16-17H,8-13,15H2,1-2H3. The maximum atomic E-state index is 5.20. The highest BCUT2D eigenvalue weighted by molar-refractivity contribution is 5.74. The lowest BCUT2D eigenvalue weighted by Gasteiger charge is -2.34. The number of anilines is 1. The molecule has 1 fully saturated rings. The zero-order chi connectivity index (χ0) is 19.3. The van der Waals surface area contributed by atoms with E-state index in [2.05, 4.69) is 50.3 Å². The first-order chi connectivity index (χ1) is 13.7. The van der Waals surface area contributed by atoms with Crippen LogP contribution in [0.15, 0.2) is 42.7 Å². The fourth-order valence-corrected chi connectivity index (χ4v) is 3.94. The van der Waals surface area contributed by atoms with E-state index in [1.807, 2.05) is 18.2 Å². The number of methoxy groups -OCH3 is 1. The van der Waals surface area contributed by atoms with E-state index < -0.39 is 0 Å². The number of aromatic nitrogens is 4. The van der Waals surface area contributed by atoms with Gasteiger partial charge in [0.25, 0.3) is 0 Å². The molecule has 3 aromatic rings. The molecule has 0 saturated carbocycles. The minimum atomic E-state index is 0.681. The smallest absolute Gasteiger partial charge is 0.200 e. The van der Waals surface area contributed by atoms with Gasteiger partial charge in [-0.15, -0.1) is 10.2 Å². The maximum Gasteiger partial charge on any atom is 0.200 e. The van der Waals surface area contributed by atoms with Gasteiger partial charge in [-0.05, 0) is 37.9 Å². The summed E-state index contributed by atoms with van der Waals surface area (Å²) in [5, 5.41) is 13.1. The molecule has 3 heterocycles. The van der Waals surface area contributed by atoms with Gasteiger partial charge in [-0.3, -0.25) is 0 Å². The number of hydrogen-bond acceptors (Lipinski definition) is 6. The van der Waals surface area contributed by atoms with E-state index in [4.69, 9.17) is 4.74 Å². The molecule has 0 bridgehead atoms.